The Bertz CT molecular complexity index is 676. The van der Waals surface area contributed by atoms with Crippen molar-refractivity contribution in [1.29, 1.82) is 0 Å². The number of carbonyl (C=O) groups excluding carboxylic acids is 2. The molecule has 2 rings (SSSR count). The van der Waals surface area contributed by atoms with Crippen LogP contribution in [0.15, 0.2) is 16.7 Å². The molecule has 0 spiro atoms. The molecule has 0 aliphatic rings. The molecule has 6 nitrogen and oxygen atoms in total. The fraction of sp³-hybridized carbons (Fsp3) is 0.400. The Labute approximate surface area is 122 Å². The maximum Gasteiger partial charge on any atom is 0.226 e. The molecule has 0 aliphatic heterocycles. The average molecular weight is 289 g/mol. The summed E-state index contributed by atoms with van der Waals surface area (Å²) in [6.07, 6.45) is 0.164. The minimum absolute atomic E-state index is 0.113. The lowest BCUT2D eigenvalue weighted by atomic mass is 10.0. The van der Waals surface area contributed by atoms with Crippen molar-refractivity contribution >= 4 is 22.8 Å². The van der Waals surface area contributed by atoms with Crippen LogP contribution in [0.2, 0.25) is 0 Å². The predicted octanol–water partition coefficient (Wildman–Crippen LogP) is 1.24. The summed E-state index contributed by atoms with van der Waals surface area (Å²) in [4.78, 5) is 22.6. The van der Waals surface area contributed by atoms with E-state index in [0.717, 1.165) is 16.5 Å². The molecule has 1 heterocycles. The van der Waals surface area contributed by atoms with Gasteiger partial charge in [-0.3, -0.25) is 9.59 Å². The normalized spacial score (nSPS) is 10.6. The van der Waals surface area contributed by atoms with Gasteiger partial charge in [0.25, 0.3) is 0 Å². The number of benzene rings is 1. The first-order valence-corrected chi connectivity index (χ1v) is 6.84. The highest BCUT2D eigenvalue weighted by atomic mass is 16.5. The third-order valence-electron chi connectivity index (χ3n) is 3.14. The smallest absolute Gasteiger partial charge is 0.226 e. The zero-order valence-electron chi connectivity index (χ0n) is 12.4. The van der Waals surface area contributed by atoms with Gasteiger partial charge in [0.05, 0.1) is 6.42 Å². The maximum atomic E-state index is 11.9. The van der Waals surface area contributed by atoms with Crippen molar-refractivity contribution in [2.45, 2.75) is 27.2 Å². The van der Waals surface area contributed by atoms with Crippen molar-refractivity contribution < 1.29 is 14.1 Å². The fourth-order valence-corrected chi connectivity index (χ4v) is 2.30. The number of nitrogens with zero attached hydrogens (tertiary/aromatic N) is 1. The summed E-state index contributed by atoms with van der Waals surface area (Å²) in [5, 5.41) is 10.2. The van der Waals surface area contributed by atoms with Gasteiger partial charge in [-0.2, -0.15) is 0 Å². The predicted molar refractivity (Wildman–Crippen MR) is 78.9 cm³/mol. The lowest BCUT2D eigenvalue weighted by Gasteiger charge is -2.05. The number of aromatic nitrogens is 1. The van der Waals surface area contributed by atoms with Gasteiger partial charge in [-0.05, 0) is 31.0 Å². The van der Waals surface area contributed by atoms with Crippen molar-refractivity contribution in [3.8, 4) is 0 Å². The van der Waals surface area contributed by atoms with Gasteiger partial charge < -0.3 is 15.2 Å². The van der Waals surface area contributed by atoms with E-state index >= 15 is 0 Å². The molecule has 0 atom stereocenters. The van der Waals surface area contributed by atoms with Crippen molar-refractivity contribution in [1.82, 2.24) is 15.8 Å². The molecule has 21 heavy (non-hydrogen) atoms. The molecule has 0 saturated heterocycles. The summed E-state index contributed by atoms with van der Waals surface area (Å²) >= 11 is 0. The van der Waals surface area contributed by atoms with Crippen molar-refractivity contribution in [2.75, 3.05) is 13.1 Å². The lowest BCUT2D eigenvalue weighted by molar-refractivity contribution is -0.121. The highest BCUT2D eigenvalue weighted by Crippen LogP contribution is 2.24. The van der Waals surface area contributed by atoms with Crippen LogP contribution < -0.4 is 10.6 Å². The second-order valence-corrected chi connectivity index (χ2v) is 5.09. The number of fused-ring (bicyclic) bond motifs is 1. The molecule has 2 N–H and O–H groups in total. The quantitative estimate of drug-likeness (QED) is 0.811. The van der Waals surface area contributed by atoms with Gasteiger partial charge in [0.2, 0.25) is 11.8 Å². The number of rotatable bonds is 5. The van der Waals surface area contributed by atoms with E-state index in [4.69, 9.17) is 4.52 Å². The van der Waals surface area contributed by atoms with Crippen LogP contribution in [0.1, 0.15) is 23.7 Å². The van der Waals surface area contributed by atoms with Crippen LogP contribution in [0.3, 0.4) is 0 Å². The molecule has 6 heteroatoms. The first kappa shape index (κ1) is 15.0. The zero-order valence-corrected chi connectivity index (χ0v) is 12.4. The molecule has 0 aliphatic carbocycles. The number of hydrogen-bond donors (Lipinski definition) is 2. The minimum atomic E-state index is -0.143. The van der Waals surface area contributed by atoms with Gasteiger partial charge in [-0.1, -0.05) is 11.2 Å². The van der Waals surface area contributed by atoms with E-state index in [9.17, 15) is 9.59 Å². The molecule has 0 bridgehead atoms. The summed E-state index contributed by atoms with van der Waals surface area (Å²) in [7, 11) is 0. The first-order valence-electron chi connectivity index (χ1n) is 6.84. The molecule has 0 fully saturated rings. The molecule has 2 amide bonds. The van der Waals surface area contributed by atoms with Gasteiger partial charge in [-0.25, -0.2) is 0 Å². The first-order chi connectivity index (χ1) is 9.97. The van der Waals surface area contributed by atoms with Crippen LogP contribution >= 0.6 is 0 Å². The number of aryl methyl sites for hydroxylation is 2. The van der Waals surface area contributed by atoms with Crippen molar-refractivity contribution in [3.05, 3.63) is 29.0 Å². The molecule has 2 aromatic rings. The SMILES string of the molecule is CC(=O)NCCNC(=O)Cc1noc2cc(C)cc(C)c12. The largest absolute Gasteiger partial charge is 0.356 e. The highest BCUT2D eigenvalue weighted by molar-refractivity contribution is 5.88. The fourth-order valence-electron chi connectivity index (χ4n) is 2.30. The molecule has 0 radical (unpaired) electrons. The number of amides is 2. The Morgan fingerprint density at radius 3 is 2.62 bits per heavy atom. The number of hydrogen-bond acceptors (Lipinski definition) is 4. The zero-order chi connectivity index (χ0) is 15.4. The van der Waals surface area contributed by atoms with Gasteiger partial charge >= 0.3 is 0 Å². The van der Waals surface area contributed by atoms with Gasteiger partial charge in [0, 0.05) is 25.4 Å². The van der Waals surface area contributed by atoms with Gasteiger partial charge in [0.1, 0.15) is 5.69 Å². The van der Waals surface area contributed by atoms with Crippen LogP contribution in [0.4, 0.5) is 0 Å². The van der Waals surface area contributed by atoms with E-state index in [1.807, 2.05) is 26.0 Å². The van der Waals surface area contributed by atoms with E-state index in [-0.39, 0.29) is 18.2 Å². The Hall–Kier alpha value is -2.37. The van der Waals surface area contributed by atoms with E-state index in [1.165, 1.54) is 6.92 Å². The molecular weight excluding hydrogens is 270 g/mol. The van der Waals surface area contributed by atoms with E-state index < -0.39 is 0 Å². The van der Waals surface area contributed by atoms with Crippen LogP contribution in [-0.2, 0) is 16.0 Å². The molecule has 1 aromatic carbocycles. The average Bonchev–Trinajstić information content (AvgIpc) is 2.77. The summed E-state index contributed by atoms with van der Waals surface area (Å²) in [5.74, 6) is -0.256. The number of carbonyl (C=O) groups is 2. The maximum absolute atomic E-state index is 11.9. The summed E-state index contributed by atoms with van der Waals surface area (Å²) < 4.78 is 5.28. The van der Waals surface area contributed by atoms with E-state index in [0.29, 0.717) is 24.4 Å². The summed E-state index contributed by atoms with van der Waals surface area (Å²) in [6, 6.07) is 3.95. The third-order valence-corrected chi connectivity index (χ3v) is 3.14. The summed E-state index contributed by atoms with van der Waals surface area (Å²) in [6.45, 7) is 6.22. The van der Waals surface area contributed by atoms with E-state index in [2.05, 4.69) is 15.8 Å². The molecule has 0 unspecified atom stereocenters. The molecule has 1 aromatic heterocycles. The topological polar surface area (TPSA) is 84.2 Å². The Balaban J connectivity index is 2.00. The lowest BCUT2D eigenvalue weighted by Crippen LogP contribution is -2.34. The van der Waals surface area contributed by atoms with Gasteiger partial charge in [0.15, 0.2) is 5.58 Å². The Morgan fingerprint density at radius 2 is 1.90 bits per heavy atom. The van der Waals surface area contributed by atoms with Crippen LogP contribution in [0.25, 0.3) is 11.0 Å². The van der Waals surface area contributed by atoms with Crippen LogP contribution in [0.5, 0.6) is 0 Å². The summed E-state index contributed by atoms with van der Waals surface area (Å²) in [5.41, 5.74) is 3.49. The Morgan fingerprint density at radius 1 is 1.19 bits per heavy atom. The van der Waals surface area contributed by atoms with E-state index in [1.54, 1.807) is 0 Å². The molecular formula is C15H19N3O3. The third kappa shape index (κ3) is 3.81. The van der Waals surface area contributed by atoms with Crippen molar-refractivity contribution in [2.24, 2.45) is 0 Å². The standard InChI is InChI=1S/C15H19N3O3/c1-9-6-10(2)15-12(18-21-13(15)7-9)8-14(20)17-5-4-16-11(3)19/h6-7H,4-5,8H2,1-3H3,(H,16,19)(H,17,20). The molecule has 112 valence electrons. The Kier molecular flexibility index (Phi) is 4.57. The number of nitrogens with one attached hydrogen (secondary N) is 2. The molecule has 0 saturated carbocycles. The monoisotopic (exact) mass is 289 g/mol. The second kappa shape index (κ2) is 6.39. The van der Waals surface area contributed by atoms with Crippen molar-refractivity contribution in [3.63, 3.8) is 0 Å². The van der Waals surface area contributed by atoms with Gasteiger partial charge in [-0.15, -0.1) is 0 Å². The highest BCUT2D eigenvalue weighted by Gasteiger charge is 2.14. The minimum Gasteiger partial charge on any atom is -0.356 e. The van der Waals surface area contributed by atoms with Crippen LogP contribution in [0, 0.1) is 13.8 Å². The second-order valence-electron chi connectivity index (χ2n) is 5.09. The van der Waals surface area contributed by atoms with Crippen LogP contribution in [-0.4, -0.2) is 30.1 Å².